The zero-order chi connectivity index (χ0) is 13.2. The summed E-state index contributed by atoms with van der Waals surface area (Å²) in [4.78, 5) is 0. The summed E-state index contributed by atoms with van der Waals surface area (Å²) in [5, 5.41) is 0.719. The summed E-state index contributed by atoms with van der Waals surface area (Å²) in [5.41, 5.74) is 2.01. The maximum atomic E-state index is 6.23. The van der Waals surface area contributed by atoms with Gasteiger partial charge in [-0.15, -0.1) is 0 Å². The van der Waals surface area contributed by atoms with Crippen molar-refractivity contribution in [3.05, 3.63) is 70.7 Å². The maximum absolute atomic E-state index is 6.23. The molecule has 0 saturated carbocycles. The van der Waals surface area contributed by atoms with Crippen molar-refractivity contribution in [3.8, 4) is 0 Å². The summed E-state index contributed by atoms with van der Waals surface area (Å²) in [6.45, 7) is 2.01. The van der Waals surface area contributed by atoms with E-state index in [1.807, 2.05) is 61.5 Å². The molecule has 3 rings (SSSR count). The van der Waals surface area contributed by atoms with Gasteiger partial charge in [-0.1, -0.05) is 60.1 Å². The Labute approximate surface area is 117 Å². The maximum Gasteiger partial charge on any atom is 0.185 e. The normalized spacial score (nSPS) is 26.5. The van der Waals surface area contributed by atoms with Crippen LogP contribution in [-0.2, 0) is 9.47 Å². The average Bonchev–Trinajstić information content (AvgIpc) is 2.82. The lowest BCUT2D eigenvalue weighted by molar-refractivity contribution is -0.0676. The highest BCUT2D eigenvalue weighted by molar-refractivity contribution is 6.31. The van der Waals surface area contributed by atoms with Crippen molar-refractivity contribution in [2.24, 2.45) is 0 Å². The molecule has 98 valence electrons. The molecule has 0 spiro atoms. The van der Waals surface area contributed by atoms with Gasteiger partial charge in [0.25, 0.3) is 0 Å². The lowest BCUT2D eigenvalue weighted by Crippen LogP contribution is -2.10. The van der Waals surface area contributed by atoms with Gasteiger partial charge in [0.05, 0.1) is 6.10 Å². The molecule has 1 heterocycles. The molecule has 3 heteroatoms. The SMILES string of the molecule is CC1OC(c2ccccc2)OC1c1ccccc1Cl. The standard InChI is InChI=1S/C16H15ClO2/c1-11-15(13-9-5-6-10-14(13)17)19-16(18-11)12-7-3-2-4-8-12/h2-11,15-16H,1H3. The molecule has 3 atom stereocenters. The lowest BCUT2D eigenvalue weighted by Gasteiger charge is -2.14. The van der Waals surface area contributed by atoms with Crippen molar-refractivity contribution >= 4 is 11.6 Å². The zero-order valence-corrected chi connectivity index (χ0v) is 11.4. The van der Waals surface area contributed by atoms with E-state index in [-0.39, 0.29) is 18.5 Å². The van der Waals surface area contributed by atoms with Crippen LogP contribution in [0.1, 0.15) is 30.4 Å². The summed E-state index contributed by atoms with van der Waals surface area (Å²) in [7, 11) is 0. The Morgan fingerprint density at radius 2 is 1.58 bits per heavy atom. The molecule has 1 fully saturated rings. The van der Waals surface area contributed by atoms with E-state index in [4.69, 9.17) is 21.1 Å². The Hall–Kier alpha value is -1.35. The van der Waals surface area contributed by atoms with Crippen molar-refractivity contribution in [2.75, 3.05) is 0 Å². The van der Waals surface area contributed by atoms with Crippen LogP contribution in [0.25, 0.3) is 0 Å². The van der Waals surface area contributed by atoms with Gasteiger partial charge in [-0.25, -0.2) is 0 Å². The first-order valence-electron chi connectivity index (χ1n) is 6.36. The molecular formula is C16H15ClO2. The van der Waals surface area contributed by atoms with E-state index in [2.05, 4.69) is 0 Å². The van der Waals surface area contributed by atoms with Crippen LogP contribution in [0.3, 0.4) is 0 Å². The molecule has 2 aromatic rings. The van der Waals surface area contributed by atoms with E-state index in [1.165, 1.54) is 0 Å². The molecule has 19 heavy (non-hydrogen) atoms. The summed E-state index contributed by atoms with van der Waals surface area (Å²) in [6, 6.07) is 17.7. The predicted molar refractivity (Wildman–Crippen MR) is 75.0 cm³/mol. The fourth-order valence-electron chi connectivity index (χ4n) is 2.34. The Morgan fingerprint density at radius 1 is 0.895 bits per heavy atom. The van der Waals surface area contributed by atoms with Crippen LogP contribution < -0.4 is 0 Å². The van der Waals surface area contributed by atoms with Crippen molar-refractivity contribution in [1.29, 1.82) is 0 Å². The third kappa shape index (κ3) is 2.52. The van der Waals surface area contributed by atoms with Gasteiger partial charge in [-0.05, 0) is 13.0 Å². The molecule has 2 aromatic carbocycles. The number of hydrogen-bond donors (Lipinski definition) is 0. The van der Waals surface area contributed by atoms with Crippen molar-refractivity contribution < 1.29 is 9.47 Å². The van der Waals surface area contributed by atoms with E-state index in [1.54, 1.807) is 0 Å². The number of ether oxygens (including phenoxy) is 2. The van der Waals surface area contributed by atoms with Crippen molar-refractivity contribution in [3.63, 3.8) is 0 Å². The summed E-state index contributed by atoms with van der Waals surface area (Å²) in [5.74, 6) is 0. The minimum atomic E-state index is -0.322. The second-order valence-electron chi connectivity index (χ2n) is 4.66. The zero-order valence-electron chi connectivity index (χ0n) is 10.6. The van der Waals surface area contributed by atoms with Crippen molar-refractivity contribution in [2.45, 2.75) is 25.4 Å². The number of benzene rings is 2. The molecule has 3 unspecified atom stereocenters. The van der Waals surface area contributed by atoms with E-state index in [9.17, 15) is 0 Å². The van der Waals surface area contributed by atoms with Gasteiger partial charge < -0.3 is 9.47 Å². The monoisotopic (exact) mass is 274 g/mol. The number of rotatable bonds is 2. The highest BCUT2D eigenvalue weighted by Crippen LogP contribution is 2.41. The van der Waals surface area contributed by atoms with Gasteiger partial charge >= 0.3 is 0 Å². The first-order chi connectivity index (χ1) is 9.25. The van der Waals surface area contributed by atoms with Gasteiger partial charge in [0.2, 0.25) is 0 Å². The van der Waals surface area contributed by atoms with E-state index >= 15 is 0 Å². The Kier molecular flexibility index (Phi) is 3.56. The number of halogens is 1. The molecule has 0 bridgehead atoms. The Bertz CT molecular complexity index is 556. The van der Waals surface area contributed by atoms with E-state index in [0.717, 1.165) is 16.1 Å². The van der Waals surface area contributed by atoms with Crippen LogP contribution in [0, 0.1) is 0 Å². The molecule has 0 aromatic heterocycles. The molecule has 0 radical (unpaired) electrons. The van der Waals surface area contributed by atoms with Gasteiger partial charge in [0.1, 0.15) is 6.10 Å². The summed E-state index contributed by atoms with van der Waals surface area (Å²) >= 11 is 6.23. The molecule has 1 aliphatic rings. The van der Waals surface area contributed by atoms with E-state index < -0.39 is 0 Å². The van der Waals surface area contributed by atoms with Crippen LogP contribution in [0.5, 0.6) is 0 Å². The highest BCUT2D eigenvalue weighted by atomic mass is 35.5. The Morgan fingerprint density at radius 3 is 2.32 bits per heavy atom. The van der Waals surface area contributed by atoms with Crippen molar-refractivity contribution in [1.82, 2.24) is 0 Å². The summed E-state index contributed by atoms with van der Waals surface area (Å²) in [6.07, 6.45) is -0.471. The van der Waals surface area contributed by atoms with Gasteiger partial charge in [0, 0.05) is 16.1 Å². The molecular weight excluding hydrogens is 260 g/mol. The topological polar surface area (TPSA) is 18.5 Å². The van der Waals surface area contributed by atoms with Crippen LogP contribution in [-0.4, -0.2) is 6.10 Å². The average molecular weight is 275 g/mol. The molecule has 0 N–H and O–H groups in total. The van der Waals surface area contributed by atoms with Crippen LogP contribution in [0.15, 0.2) is 54.6 Å². The molecule has 0 amide bonds. The molecule has 1 saturated heterocycles. The highest BCUT2D eigenvalue weighted by Gasteiger charge is 2.35. The predicted octanol–water partition coefficient (Wildman–Crippen LogP) is 4.52. The third-order valence-corrected chi connectivity index (χ3v) is 3.66. The third-order valence-electron chi connectivity index (χ3n) is 3.32. The second kappa shape index (κ2) is 5.33. The largest absolute Gasteiger partial charge is 0.342 e. The molecule has 1 aliphatic heterocycles. The second-order valence-corrected chi connectivity index (χ2v) is 5.07. The fraction of sp³-hybridized carbons (Fsp3) is 0.250. The molecule has 0 aliphatic carbocycles. The first-order valence-corrected chi connectivity index (χ1v) is 6.74. The van der Waals surface area contributed by atoms with Gasteiger partial charge in [0.15, 0.2) is 6.29 Å². The minimum Gasteiger partial charge on any atom is -0.342 e. The minimum absolute atomic E-state index is 0.0230. The fourth-order valence-corrected chi connectivity index (χ4v) is 2.58. The lowest BCUT2D eigenvalue weighted by atomic mass is 10.1. The Balaban J connectivity index is 1.85. The van der Waals surface area contributed by atoms with Gasteiger partial charge in [-0.3, -0.25) is 0 Å². The quantitative estimate of drug-likeness (QED) is 0.802. The number of hydrogen-bond acceptors (Lipinski definition) is 2. The first kappa shape index (κ1) is 12.7. The molecule has 2 nitrogen and oxygen atoms in total. The smallest absolute Gasteiger partial charge is 0.185 e. The van der Waals surface area contributed by atoms with Gasteiger partial charge in [-0.2, -0.15) is 0 Å². The van der Waals surface area contributed by atoms with Crippen LogP contribution in [0.2, 0.25) is 5.02 Å². The van der Waals surface area contributed by atoms with E-state index in [0.29, 0.717) is 0 Å². The summed E-state index contributed by atoms with van der Waals surface area (Å²) < 4.78 is 11.9. The van der Waals surface area contributed by atoms with Crippen LogP contribution >= 0.6 is 11.6 Å². The van der Waals surface area contributed by atoms with Crippen LogP contribution in [0.4, 0.5) is 0 Å².